The minimum absolute atomic E-state index is 0. The molecule has 2 rings (SSSR count). The SMILES string of the molecule is CC1=[C-]C(C)([Si](C)(C)c2cc(C)cc(C)c2)C(C)=C1C.[CH3-].[CH3-].[CH3-].[Ti+4]. The fourth-order valence-corrected chi connectivity index (χ4v) is 6.85. The normalized spacial score (nSPS) is 19.4. The van der Waals surface area contributed by atoms with Crippen molar-refractivity contribution in [2.45, 2.75) is 59.7 Å². The molecule has 1 atom stereocenters. The van der Waals surface area contributed by atoms with Gasteiger partial charge in [-0.1, -0.05) is 73.4 Å². The summed E-state index contributed by atoms with van der Waals surface area (Å²) in [6, 6.07) is 7.05. The summed E-state index contributed by atoms with van der Waals surface area (Å²) in [5.41, 5.74) is 7.06. The van der Waals surface area contributed by atoms with E-state index in [2.05, 4.69) is 78.9 Å². The van der Waals surface area contributed by atoms with Gasteiger partial charge in [-0.05, 0) is 13.8 Å². The first-order valence-electron chi connectivity index (χ1n) is 7.48. The van der Waals surface area contributed by atoms with Gasteiger partial charge in [-0.2, -0.15) is 11.1 Å². The zero-order chi connectivity index (χ0) is 15.3. The van der Waals surface area contributed by atoms with Crippen LogP contribution in [0.1, 0.15) is 38.8 Å². The Balaban J connectivity index is -0.00000110. The minimum atomic E-state index is -1.67. The molecule has 24 heavy (non-hydrogen) atoms. The van der Waals surface area contributed by atoms with Crippen LogP contribution >= 0.6 is 0 Å². The largest absolute Gasteiger partial charge is 4.00 e. The van der Waals surface area contributed by atoms with Crippen LogP contribution < -0.4 is 5.19 Å². The van der Waals surface area contributed by atoms with Crippen LogP contribution in [0.5, 0.6) is 0 Å². The first-order valence-corrected chi connectivity index (χ1v) is 10.5. The van der Waals surface area contributed by atoms with E-state index in [4.69, 9.17) is 0 Å². The van der Waals surface area contributed by atoms with E-state index in [1.807, 2.05) is 0 Å². The van der Waals surface area contributed by atoms with Crippen molar-refractivity contribution >= 4 is 13.3 Å². The molecule has 0 N–H and O–H groups in total. The molecular formula is C22H36SiTi. The van der Waals surface area contributed by atoms with Crippen LogP contribution in [0.3, 0.4) is 0 Å². The fraction of sp³-hybridized carbons (Fsp3) is 0.409. The zero-order valence-corrected chi connectivity index (χ0v) is 20.3. The number of allylic oxidation sites excluding steroid dienone is 4. The average molecular weight is 376 g/mol. The molecule has 0 aliphatic heterocycles. The van der Waals surface area contributed by atoms with Gasteiger partial charge in [0.2, 0.25) is 0 Å². The van der Waals surface area contributed by atoms with Crippen LogP contribution in [0.4, 0.5) is 0 Å². The molecule has 0 fully saturated rings. The van der Waals surface area contributed by atoms with E-state index < -0.39 is 8.07 Å². The van der Waals surface area contributed by atoms with Crippen LogP contribution in [0.2, 0.25) is 18.1 Å². The van der Waals surface area contributed by atoms with E-state index in [1.54, 1.807) is 5.19 Å². The molecule has 0 radical (unpaired) electrons. The molecule has 0 bridgehead atoms. The molecule has 0 nitrogen and oxygen atoms in total. The van der Waals surface area contributed by atoms with E-state index in [-0.39, 0.29) is 49.0 Å². The Morgan fingerprint density at radius 2 is 1.25 bits per heavy atom. The van der Waals surface area contributed by atoms with Gasteiger partial charge in [-0.25, -0.2) is 5.57 Å². The second-order valence-corrected chi connectivity index (χ2v) is 12.0. The minimum Gasteiger partial charge on any atom is -0.358 e. The van der Waals surface area contributed by atoms with E-state index in [9.17, 15) is 0 Å². The number of hydrogen-bond donors (Lipinski definition) is 0. The molecule has 0 heterocycles. The molecule has 0 aromatic heterocycles. The van der Waals surface area contributed by atoms with Crippen molar-refractivity contribution in [1.82, 2.24) is 0 Å². The van der Waals surface area contributed by atoms with Crippen LogP contribution in [0, 0.1) is 42.2 Å². The van der Waals surface area contributed by atoms with Crippen LogP contribution in [0.25, 0.3) is 0 Å². The van der Waals surface area contributed by atoms with Crippen molar-refractivity contribution in [2.75, 3.05) is 0 Å². The Bertz CT molecular complexity index is 603. The van der Waals surface area contributed by atoms with Gasteiger partial charge in [0.15, 0.2) is 0 Å². The first kappa shape index (κ1) is 28.4. The van der Waals surface area contributed by atoms with Gasteiger partial charge in [0.05, 0.1) is 8.07 Å². The second-order valence-electron chi connectivity index (χ2n) is 7.13. The monoisotopic (exact) mass is 376 g/mol. The third-order valence-corrected chi connectivity index (χ3v) is 10.2. The number of aryl methyl sites for hydroxylation is 2. The Labute approximate surface area is 168 Å². The van der Waals surface area contributed by atoms with E-state index in [0.717, 1.165) is 0 Å². The molecule has 0 saturated heterocycles. The molecule has 132 valence electrons. The number of rotatable bonds is 2. The summed E-state index contributed by atoms with van der Waals surface area (Å²) in [4.78, 5) is 0. The summed E-state index contributed by atoms with van der Waals surface area (Å²) in [5, 5.41) is 1.66. The molecule has 1 aliphatic carbocycles. The summed E-state index contributed by atoms with van der Waals surface area (Å²) < 4.78 is 0. The predicted octanol–water partition coefficient (Wildman–Crippen LogP) is 6.43. The van der Waals surface area contributed by atoms with E-state index in [1.165, 1.54) is 27.8 Å². The topological polar surface area (TPSA) is 0 Å². The zero-order valence-electron chi connectivity index (χ0n) is 17.7. The maximum Gasteiger partial charge on any atom is 4.00 e. The van der Waals surface area contributed by atoms with Gasteiger partial charge in [-0.15, -0.1) is 6.92 Å². The number of benzene rings is 1. The predicted molar refractivity (Wildman–Crippen MR) is 111 cm³/mol. The molecule has 1 unspecified atom stereocenters. The molecule has 1 aromatic rings. The second kappa shape index (κ2) is 9.36. The molecular weight excluding hydrogens is 340 g/mol. The van der Waals surface area contributed by atoms with Gasteiger partial charge in [0.1, 0.15) is 0 Å². The Hall–Kier alpha value is -0.369. The summed E-state index contributed by atoms with van der Waals surface area (Å²) in [7, 11) is -1.67. The van der Waals surface area contributed by atoms with Gasteiger partial charge in [-0.3, -0.25) is 6.08 Å². The molecule has 0 amide bonds. The van der Waals surface area contributed by atoms with Gasteiger partial charge >= 0.3 is 21.7 Å². The van der Waals surface area contributed by atoms with Crippen LogP contribution in [-0.2, 0) is 21.7 Å². The van der Waals surface area contributed by atoms with Gasteiger partial charge in [0, 0.05) is 0 Å². The van der Waals surface area contributed by atoms with Crippen LogP contribution in [-0.4, -0.2) is 8.07 Å². The summed E-state index contributed by atoms with van der Waals surface area (Å²) in [6.45, 7) is 18.5. The maximum absolute atomic E-state index is 3.81. The van der Waals surface area contributed by atoms with Gasteiger partial charge < -0.3 is 22.3 Å². The van der Waals surface area contributed by atoms with Gasteiger partial charge in [0.25, 0.3) is 0 Å². The summed E-state index contributed by atoms with van der Waals surface area (Å²) in [6.07, 6.45) is 3.81. The summed E-state index contributed by atoms with van der Waals surface area (Å²) in [5.74, 6) is 0. The fourth-order valence-electron chi connectivity index (χ4n) is 3.47. The van der Waals surface area contributed by atoms with E-state index in [0.29, 0.717) is 0 Å². The standard InChI is InChI=1S/C19H27Si.3CH3.Ti/c1-13-9-14(2)11-18(10-13)20(7,8)19(6)12-15(3)16(4)17(19)5;;;;/h9-11H,1-8H3;3*1H3;/q4*-1;+4. The van der Waals surface area contributed by atoms with Crippen molar-refractivity contribution in [1.29, 1.82) is 0 Å². The maximum atomic E-state index is 3.81. The third kappa shape index (κ3) is 4.42. The smallest absolute Gasteiger partial charge is 0.358 e. The molecule has 0 spiro atoms. The Morgan fingerprint density at radius 3 is 1.58 bits per heavy atom. The Morgan fingerprint density at radius 1 is 0.833 bits per heavy atom. The van der Waals surface area contributed by atoms with Crippen molar-refractivity contribution in [3.63, 3.8) is 0 Å². The van der Waals surface area contributed by atoms with E-state index >= 15 is 0 Å². The van der Waals surface area contributed by atoms with Crippen LogP contribution in [0.15, 0.2) is 34.9 Å². The van der Waals surface area contributed by atoms with Crippen molar-refractivity contribution < 1.29 is 21.7 Å². The third-order valence-electron chi connectivity index (χ3n) is 5.51. The number of hydrogen-bond acceptors (Lipinski definition) is 0. The quantitative estimate of drug-likeness (QED) is 0.412. The van der Waals surface area contributed by atoms with Crippen molar-refractivity contribution in [3.05, 3.63) is 74.4 Å². The average Bonchev–Trinajstić information content (AvgIpc) is 2.53. The Kier molecular flexibility index (Phi) is 11.1. The summed E-state index contributed by atoms with van der Waals surface area (Å²) >= 11 is 0. The molecule has 1 aliphatic rings. The molecule has 0 saturated carbocycles. The van der Waals surface area contributed by atoms with Crippen molar-refractivity contribution in [2.24, 2.45) is 0 Å². The first-order chi connectivity index (χ1) is 9.09. The van der Waals surface area contributed by atoms with Crippen molar-refractivity contribution in [3.8, 4) is 0 Å². The molecule has 1 aromatic carbocycles. The molecule has 2 heteroatoms.